The number of likely N-dealkylation sites (N-methyl/N-ethyl adjacent to an activating group) is 1. The molecule has 0 atom stereocenters. The van der Waals surface area contributed by atoms with E-state index in [0.29, 0.717) is 36.4 Å². The zero-order chi connectivity index (χ0) is 33.8. The van der Waals surface area contributed by atoms with Crippen molar-refractivity contribution >= 4 is 29.3 Å². The zero-order valence-electron chi connectivity index (χ0n) is 26.6. The Hall–Kier alpha value is -5.29. The normalized spacial score (nSPS) is 12.7. The molecule has 0 bridgehead atoms. The lowest BCUT2D eigenvalue weighted by atomic mass is 10.1. The number of methoxy groups -OCH3 is 2. The van der Waals surface area contributed by atoms with E-state index in [9.17, 15) is 23.2 Å². The summed E-state index contributed by atoms with van der Waals surface area (Å²) < 4.78 is 37.6. The van der Waals surface area contributed by atoms with E-state index in [1.165, 1.54) is 32.4 Å². The standard InChI is InChI=1S/C21H24FN3O3.C15H14FNO2/c1-23-10-12-24(13-11-23)21(27)25(18-6-4-3-5-7-18)15-17-9-8-16(14-19(17)22)20(26)28-2;1-19-15(18)11-7-8-12(14(16)9-11)10-17-13-5-3-2-4-6-13/h3-9,14H,10-13,15H2,1-2H3;2-9,17H,10H2,1H3. The lowest BCUT2D eigenvalue weighted by Gasteiger charge is -2.36. The van der Waals surface area contributed by atoms with Gasteiger partial charge in [-0.05, 0) is 55.6 Å². The van der Waals surface area contributed by atoms with E-state index in [4.69, 9.17) is 0 Å². The topological polar surface area (TPSA) is 91.4 Å². The van der Waals surface area contributed by atoms with Gasteiger partial charge in [0.15, 0.2) is 0 Å². The molecule has 0 unspecified atom stereocenters. The lowest BCUT2D eigenvalue weighted by Crippen LogP contribution is -2.52. The van der Waals surface area contributed by atoms with Gasteiger partial charge in [0.2, 0.25) is 0 Å². The maximum Gasteiger partial charge on any atom is 0.337 e. The number of benzene rings is 4. The number of hydrogen-bond acceptors (Lipinski definition) is 7. The van der Waals surface area contributed by atoms with Crippen LogP contribution in [0.25, 0.3) is 0 Å². The van der Waals surface area contributed by atoms with Crippen LogP contribution < -0.4 is 10.2 Å². The summed E-state index contributed by atoms with van der Waals surface area (Å²) >= 11 is 0. The number of para-hydroxylation sites is 2. The summed E-state index contributed by atoms with van der Waals surface area (Å²) in [4.78, 5) is 41.6. The van der Waals surface area contributed by atoms with E-state index >= 15 is 0 Å². The summed E-state index contributed by atoms with van der Waals surface area (Å²) in [6, 6.07) is 27.1. The molecular weight excluding hydrogens is 606 g/mol. The van der Waals surface area contributed by atoms with Crippen LogP contribution in [0.4, 0.5) is 25.0 Å². The molecule has 47 heavy (non-hydrogen) atoms. The predicted octanol–water partition coefficient (Wildman–Crippen LogP) is 6.21. The molecule has 5 rings (SSSR count). The van der Waals surface area contributed by atoms with Gasteiger partial charge < -0.3 is 24.6 Å². The highest BCUT2D eigenvalue weighted by atomic mass is 19.1. The second-order valence-corrected chi connectivity index (χ2v) is 10.8. The van der Waals surface area contributed by atoms with Crippen molar-refractivity contribution in [1.29, 1.82) is 0 Å². The average molecular weight is 645 g/mol. The molecule has 0 spiro atoms. The molecule has 9 nitrogen and oxygen atoms in total. The number of ether oxygens (including phenoxy) is 2. The van der Waals surface area contributed by atoms with Crippen molar-refractivity contribution in [3.8, 4) is 0 Å². The fraction of sp³-hybridized carbons (Fsp3) is 0.250. The summed E-state index contributed by atoms with van der Waals surface area (Å²) in [6.07, 6.45) is 0. The minimum atomic E-state index is -0.598. The minimum Gasteiger partial charge on any atom is -0.465 e. The molecule has 1 aliphatic rings. The van der Waals surface area contributed by atoms with Gasteiger partial charge >= 0.3 is 18.0 Å². The van der Waals surface area contributed by atoms with E-state index < -0.39 is 23.6 Å². The number of hydrogen-bond donors (Lipinski definition) is 1. The first-order valence-electron chi connectivity index (χ1n) is 15.0. The maximum atomic E-state index is 14.6. The zero-order valence-corrected chi connectivity index (χ0v) is 26.6. The molecule has 0 radical (unpaired) electrons. The Kier molecular flexibility index (Phi) is 12.4. The number of carbonyl (C=O) groups is 3. The van der Waals surface area contributed by atoms with Crippen LogP contribution in [0.2, 0.25) is 0 Å². The van der Waals surface area contributed by atoms with Crippen LogP contribution in [-0.2, 0) is 22.6 Å². The molecule has 1 N–H and O–H groups in total. The first-order chi connectivity index (χ1) is 22.7. The van der Waals surface area contributed by atoms with Crippen molar-refractivity contribution < 1.29 is 32.6 Å². The summed E-state index contributed by atoms with van der Waals surface area (Å²) in [5.41, 5.74) is 2.79. The molecule has 2 amide bonds. The van der Waals surface area contributed by atoms with Gasteiger partial charge in [-0.2, -0.15) is 0 Å². The van der Waals surface area contributed by atoms with Crippen LogP contribution in [0.3, 0.4) is 0 Å². The van der Waals surface area contributed by atoms with Gasteiger partial charge in [0.05, 0.1) is 31.9 Å². The van der Waals surface area contributed by atoms with Crippen molar-refractivity contribution in [2.24, 2.45) is 0 Å². The fourth-order valence-corrected chi connectivity index (χ4v) is 4.83. The second kappa shape index (κ2) is 16.9. The maximum absolute atomic E-state index is 14.6. The number of amides is 2. The summed E-state index contributed by atoms with van der Waals surface area (Å²) in [5, 5.41) is 3.11. The fourth-order valence-electron chi connectivity index (χ4n) is 4.83. The molecule has 11 heteroatoms. The SMILES string of the molecule is COC(=O)c1ccc(CN(C(=O)N2CCN(C)CC2)c2ccccc2)c(F)c1.COC(=O)c1ccc(CNc2ccccc2)c(F)c1. The van der Waals surface area contributed by atoms with Gasteiger partial charge in [0.25, 0.3) is 0 Å². The summed E-state index contributed by atoms with van der Waals surface area (Å²) in [6.45, 7) is 3.29. The third-order valence-electron chi connectivity index (χ3n) is 7.61. The lowest BCUT2D eigenvalue weighted by molar-refractivity contribution is 0.0591. The first kappa shape index (κ1) is 34.6. The smallest absolute Gasteiger partial charge is 0.337 e. The Morgan fingerprint density at radius 3 is 1.74 bits per heavy atom. The van der Waals surface area contributed by atoms with Crippen molar-refractivity contribution in [3.63, 3.8) is 0 Å². The number of halogens is 2. The van der Waals surface area contributed by atoms with E-state index in [1.807, 2.05) is 67.7 Å². The quantitative estimate of drug-likeness (QED) is 0.228. The Bertz CT molecular complexity index is 1650. The van der Waals surface area contributed by atoms with Crippen LogP contribution in [0.15, 0.2) is 97.1 Å². The van der Waals surface area contributed by atoms with Crippen molar-refractivity contribution in [2.75, 3.05) is 57.7 Å². The highest BCUT2D eigenvalue weighted by Gasteiger charge is 2.26. The number of nitrogens with one attached hydrogen (secondary N) is 1. The number of nitrogens with zero attached hydrogens (tertiary/aromatic N) is 3. The number of anilines is 2. The van der Waals surface area contributed by atoms with E-state index in [1.54, 1.807) is 21.9 Å². The second-order valence-electron chi connectivity index (χ2n) is 10.8. The van der Waals surface area contributed by atoms with E-state index in [-0.39, 0.29) is 23.7 Å². The molecule has 0 aromatic heterocycles. The van der Waals surface area contributed by atoms with Gasteiger partial charge in [-0.1, -0.05) is 48.5 Å². The van der Waals surface area contributed by atoms with E-state index in [2.05, 4.69) is 19.7 Å². The van der Waals surface area contributed by atoms with Crippen LogP contribution >= 0.6 is 0 Å². The van der Waals surface area contributed by atoms with Gasteiger partial charge in [0, 0.05) is 55.2 Å². The van der Waals surface area contributed by atoms with E-state index in [0.717, 1.165) is 24.8 Å². The molecule has 4 aromatic rings. The summed E-state index contributed by atoms with van der Waals surface area (Å²) in [7, 11) is 4.54. The first-order valence-corrected chi connectivity index (χ1v) is 15.0. The highest BCUT2D eigenvalue weighted by Crippen LogP contribution is 2.22. The molecule has 4 aromatic carbocycles. The number of rotatable bonds is 8. The number of urea groups is 1. The predicted molar refractivity (Wildman–Crippen MR) is 176 cm³/mol. The molecule has 1 fully saturated rings. The minimum absolute atomic E-state index is 0.0719. The molecule has 1 heterocycles. The van der Waals surface area contributed by atoms with Crippen molar-refractivity contribution in [3.05, 3.63) is 131 Å². The largest absolute Gasteiger partial charge is 0.465 e. The Balaban J connectivity index is 0.000000229. The molecule has 0 aliphatic carbocycles. The van der Waals surface area contributed by atoms with Crippen molar-refractivity contribution in [2.45, 2.75) is 13.1 Å². The van der Waals surface area contributed by atoms with Gasteiger partial charge in [-0.3, -0.25) is 4.90 Å². The molecule has 246 valence electrons. The molecule has 0 saturated carbocycles. The van der Waals surface area contributed by atoms with Crippen LogP contribution in [0, 0.1) is 11.6 Å². The van der Waals surface area contributed by atoms with Crippen LogP contribution in [-0.4, -0.2) is 75.2 Å². The van der Waals surface area contributed by atoms with Gasteiger partial charge in [-0.25, -0.2) is 23.2 Å². The Labute approximate surface area is 273 Å². The third-order valence-corrected chi connectivity index (χ3v) is 7.61. The summed E-state index contributed by atoms with van der Waals surface area (Å²) in [5.74, 6) is -2.11. The number of esters is 2. The third kappa shape index (κ3) is 9.60. The Morgan fingerprint density at radius 2 is 1.23 bits per heavy atom. The molecular formula is C36H38F2N4O5. The highest BCUT2D eigenvalue weighted by molar-refractivity contribution is 5.92. The van der Waals surface area contributed by atoms with Gasteiger partial charge in [-0.15, -0.1) is 0 Å². The number of carbonyl (C=O) groups excluding carboxylic acids is 3. The van der Waals surface area contributed by atoms with Crippen LogP contribution in [0.1, 0.15) is 31.8 Å². The Morgan fingerprint density at radius 1 is 0.723 bits per heavy atom. The van der Waals surface area contributed by atoms with Crippen LogP contribution in [0.5, 0.6) is 0 Å². The molecule has 1 aliphatic heterocycles. The molecule has 1 saturated heterocycles. The van der Waals surface area contributed by atoms with Gasteiger partial charge in [0.1, 0.15) is 11.6 Å². The van der Waals surface area contributed by atoms with Crippen molar-refractivity contribution in [1.82, 2.24) is 9.80 Å². The average Bonchev–Trinajstić information content (AvgIpc) is 3.11. The monoisotopic (exact) mass is 644 g/mol. The number of piperazine rings is 1.